The van der Waals surface area contributed by atoms with Crippen molar-refractivity contribution >= 4 is 39.5 Å². The predicted molar refractivity (Wildman–Crippen MR) is 463 cm³/mol. The van der Waals surface area contributed by atoms with Gasteiger partial charge in [-0.1, -0.05) is 291 Å². The van der Waals surface area contributed by atoms with E-state index in [2.05, 4.69) is 216 Å². The summed E-state index contributed by atoms with van der Waals surface area (Å²) in [5.41, 5.74) is 0. The monoisotopic (exact) mass is 1590 g/mol. The van der Waals surface area contributed by atoms with E-state index in [0.29, 0.717) is 44.9 Å². The first-order valence-electron chi connectivity index (χ1n) is 41.6. The Morgan fingerprint density at radius 1 is 0.259 bits per heavy atom. The Morgan fingerprint density at radius 3 is 0.786 bits per heavy atom. The number of phosphoric acid groups is 2. The average molecular weight is 1600 g/mol. The van der Waals surface area contributed by atoms with E-state index >= 15 is 0 Å². The molecule has 0 bridgehead atoms. The molecule has 0 radical (unpaired) electrons. The first-order valence-corrected chi connectivity index (χ1v) is 44.6. The minimum Gasteiger partial charge on any atom is -0.462 e. The standard InChI is InChI=1S/C93H144O17P2/c1-5-9-13-17-21-25-29-33-37-41-43-47-50-54-58-62-66-70-74-78-91(96)104-84-89(110-93(98)80-76-72-68-64-60-56-52-48-44-42-38-34-30-26-22-18-14-10-6-2)86-108-112(101,102)106-82-87(94)81-105-111(99,100)107-85-88(109-92(97)79-75-71-67-63-59-55-51-46-40-36-32-28-24-20-16-12-8-4)83-103-90(95)77-73-69-65-61-57-53-49-45-39-35-31-27-23-19-15-11-7-3/h9-10,13-14,21-28,33-40,43-44,47-49,51,53-56,58,60-61,63,65-67,70,87-89,94H,5-8,11-12,15-20,29-32,41-42,45-46,50,52,57,59,62,64,68-69,71-86H2,1-4H3,(H,99,100)(H,101,102)/b13-9-,14-10-,25-21-,26-22-,27-23-,28-24-,37-33-,38-34-,39-35-,40-36-,47-43-,48-44-,53-49-,55-51-,58-54-,60-56-,65-61-,67-63-,70-66-/t87-,88+,89+/m0/s1. The van der Waals surface area contributed by atoms with Crippen molar-refractivity contribution in [3.05, 3.63) is 231 Å². The van der Waals surface area contributed by atoms with Crippen LogP contribution in [0.5, 0.6) is 0 Å². The highest BCUT2D eigenvalue weighted by molar-refractivity contribution is 7.47. The van der Waals surface area contributed by atoms with Crippen LogP contribution in [-0.2, 0) is 65.4 Å². The second kappa shape index (κ2) is 82.1. The molecule has 0 fully saturated rings. The van der Waals surface area contributed by atoms with Crippen molar-refractivity contribution in [1.29, 1.82) is 0 Å². The van der Waals surface area contributed by atoms with E-state index in [0.717, 1.165) is 135 Å². The molecule has 5 atom stereocenters. The first kappa shape index (κ1) is 105. The van der Waals surface area contributed by atoms with Gasteiger partial charge in [-0.05, 0) is 186 Å². The summed E-state index contributed by atoms with van der Waals surface area (Å²) in [5, 5.41) is 10.7. The maximum atomic E-state index is 13.1. The van der Waals surface area contributed by atoms with Gasteiger partial charge in [0.05, 0.1) is 26.4 Å². The van der Waals surface area contributed by atoms with Crippen LogP contribution in [0.4, 0.5) is 0 Å². The maximum absolute atomic E-state index is 13.1. The molecule has 17 nitrogen and oxygen atoms in total. The molecular weight excluding hydrogens is 1450 g/mol. The highest BCUT2D eigenvalue weighted by Gasteiger charge is 2.30. The Balaban J connectivity index is 5.62. The van der Waals surface area contributed by atoms with Crippen LogP contribution in [0.15, 0.2) is 231 Å². The minimum absolute atomic E-state index is 0.00502. The summed E-state index contributed by atoms with van der Waals surface area (Å²) in [5.74, 6) is -2.47. The molecule has 0 aliphatic rings. The summed E-state index contributed by atoms with van der Waals surface area (Å²) in [6.45, 7) is 4.30. The molecule has 0 aromatic heterocycles. The van der Waals surface area contributed by atoms with Gasteiger partial charge in [0.25, 0.3) is 0 Å². The number of esters is 4. The van der Waals surface area contributed by atoms with Crippen molar-refractivity contribution < 1.29 is 80.2 Å². The zero-order valence-corrected chi connectivity index (χ0v) is 70.5. The zero-order chi connectivity index (χ0) is 81.7. The molecular formula is C93H144O17P2. The number of hydrogen-bond acceptors (Lipinski definition) is 15. The van der Waals surface area contributed by atoms with E-state index in [1.165, 1.54) is 38.5 Å². The molecule has 0 amide bonds. The summed E-state index contributed by atoms with van der Waals surface area (Å²) in [6, 6.07) is 0. The number of hydrogen-bond donors (Lipinski definition) is 3. The number of phosphoric ester groups is 2. The van der Waals surface area contributed by atoms with E-state index in [1.54, 1.807) is 0 Å². The van der Waals surface area contributed by atoms with Crippen molar-refractivity contribution in [1.82, 2.24) is 0 Å². The Bertz CT molecular complexity index is 3040. The second-order valence-corrected chi connectivity index (χ2v) is 29.5. The molecule has 2 unspecified atom stereocenters. The van der Waals surface area contributed by atoms with Gasteiger partial charge < -0.3 is 33.8 Å². The molecule has 112 heavy (non-hydrogen) atoms. The largest absolute Gasteiger partial charge is 0.472 e. The van der Waals surface area contributed by atoms with Gasteiger partial charge in [0.2, 0.25) is 0 Å². The number of allylic oxidation sites excluding steroid dienone is 38. The lowest BCUT2D eigenvalue weighted by molar-refractivity contribution is -0.161. The van der Waals surface area contributed by atoms with Gasteiger partial charge in [0, 0.05) is 25.7 Å². The third-order valence-corrected chi connectivity index (χ3v) is 18.0. The van der Waals surface area contributed by atoms with Crippen LogP contribution in [0.3, 0.4) is 0 Å². The zero-order valence-electron chi connectivity index (χ0n) is 68.7. The fourth-order valence-electron chi connectivity index (χ4n) is 9.84. The summed E-state index contributed by atoms with van der Waals surface area (Å²) in [7, 11) is -10.1. The lowest BCUT2D eigenvalue weighted by Gasteiger charge is -2.21. The normalized spacial score (nSPS) is 15.0. The summed E-state index contributed by atoms with van der Waals surface area (Å²) >= 11 is 0. The maximum Gasteiger partial charge on any atom is 0.472 e. The fourth-order valence-corrected chi connectivity index (χ4v) is 11.4. The predicted octanol–water partition coefficient (Wildman–Crippen LogP) is 25.0. The van der Waals surface area contributed by atoms with Gasteiger partial charge >= 0.3 is 39.5 Å². The minimum atomic E-state index is -5.03. The molecule has 3 N–H and O–H groups in total. The number of ether oxygens (including phenoxy) is 4. The second-order valence-electron chi connectivity index (χ2n) is 26.6. The Labute approximate surface area is 676 Å². The molecule has 0 rings (SSSR count). The Kier molecular flexibility index (Phi) is 77.1. The van der Waals surface area contributed by atoms with E-state index in [-0.39, 0.29) is 25.7 Å². The number of unbranched alkanes of at least 4 members (excludes halogenated alkanes) is 11. The molecule has 0 aromatic carbocycles. The highest BCUT2D eigenvalue weighted by atomic mass is 31.2. The molecule has 19 heteroatoms. The van der Waals surface area contributed by atoms with Crippen LogP contribution in [-0.4, -0.2) is 96.7 Å². The number of carbonyl (C=O) groups is 4. The van der Waals surface area contributed by atoms with Gasteiger partial charge in [-0.2, -0.15) is 0 Å². The van der Waals surface area contributed by atoms with Crippen LogP contribution < -0.4 is 0 Å². The number of carbonyl (C=O) groups excluding carboxylic acids is 4. The van der Waals surface area contributed by atoms with Crippen molar-refractivity contribution in [2.75, 3.05) is 39.6 Å². The quantitative estimate of drug-likeness (QED) is 0.0169. The van der Waals surface area contributed by atoms with Crippen LogP contribution in [0.1, 0.15) is 272 Å². The van der Waals surface area contributed by atoms with E-state index < -0.39 is 97.5 Å². The van der Waals surface area contributed by atoms with Crippen LogP contribution in [0, 0.1) is 0 Å². The van der Waals surface area contributed by atoms with E-state index in [9.17, 15) is 43.2 Å². The van der Waals surface area contributed by atoms with Crippen molar-refractivity contribution in [3.63, 3.8) is 0 Å². The summed E-state index contributed by atoms with van der Waals surface area (Å²) in [4.78, 5) is 73.1. The number of rotatable bonds is 75. The Hall–Kier alpha value is -6.88. The molecule has 0 aliphatic carbocycles. The third-order valence-electron chi connectivity index (χ3n) is 16.1. The van der Waals surface area contributed by atoms with Gasteiger partial charge in [0.15, 0.2) is 12.2 Å². The van der Waals surface area contributed by atoms with Crippen LogP contribution in [0.2, 0.25) is 0 Å². The topological polar surface area (TPSA) is 237 Å². The van der Waals surface area contributed by atoms with Gasteiger partial charge in [-0.3, -0.25) is 37.3 Å². The van der Waals surface area contributed by atoms with Crippen molar-refractivity contribution in [2.24, 2.45) is 0 Å². The molecule has 0 spiro atoms. The molecule has 0 heterocycles. The van der Waals surface area contributed by atoms with Crippen LogP contribution in [0.25, 0.3) is 0 Å². The molecule has 628 valence electrons. The van der Waals surface area contributed by atoms with Crippen LogP contribution >= 0.6 is 15.6 Å². The summed E-state index contributed by atoms with van der Waals surface area (Å²) < 4.78 is 68.5. The highest BCUT2D eigenvalue weighted by Crippen LogP contribution is 2.45. The molecule has 0 aliphatic heterocycles. The van der Waals surface area contributed by atoms with E-state index in [1.807, 2.05) is 42.5 Å². The SMILES string of the molecule is CC/C=C\C/C=C\C/C=C\C/C=C\C/C=C\C/C=C\CCC(=O)OC[C@H](COP(=O)(O)OC[C@@H](O)COP(=O)(O)OC[C@@H](COC(=O)CCC/C=C\C/C=C\C/C=C\C/C=C\CCCCC)OC(=O)CCC/C=C\C/C=C\C/C=C\C/C=C\CCCCC)OC(=O)CCCCC/C=C\C/C=C\C/C=C\C/C=C\C/C=C\CC. The number of aliphatic hydroxyl groups is 1. The molecule has 0 saturated heterocycles. The smallest absolute Gasteiger partial charge is 0.462 e. The van der Waals surface area contributed by atoms with Gasteiger partial charge in [0.1, 0.15) is 19.3 Å². The fraction of sp³-hybridized carbons (Fsp3) is 0.548. The van der Waals surface area contributed by atoms with Crippen molar-refractivity contribution in [3.8, 4) is 0 Å². The van der Waals surface area contributed by atoms with Crippen molar-refractivity contribution in [2.45, 2.75) is 290 Å². The lowest BCUT2D eigenvalue weighted by atomic mass is 10.1. The van der Waals surface area contributed by atoms with Gasteiger partial charge in [-0.25, -0.2) is 9.13 Å². The number of aliphatic hydroxyl groups excluding tert-OH is 1. The average Bonchev–Trinajstić information content (AvgIpc) is 0.898. The Morgan fingerprint density at radius 2 is 0.491 bits per heavy atom. The van der Waals surface area contributed by atoms with E-state index in [4.69, 9.17) is 37.0 Å². The third kappa shape index (κ3) is 81.1. The first-order chi connectivity index (χ1) is 54.7. The summed E-state index contributed by atoms with van der Waals surface area (Å²) in [6.07, 6.45) is 106. The molecule has 0 saturated carbocycles. The van der Waals surface area contributed by atoms with Gasteiger partial charge in [-0.15, -0.1) is 0 Å². The lowest BCUT2D eigenvalue weighted by Crippen LogP contribution is -2.30. The molecule has 0 aromatic rings.